The van der Waals surface area contributed by atoms with Crippen molar-refractivity contribution in [3.63, 3.8) is 0 Å². The summed E-state index contributed by atoms with van der Waals surface area (Å²) in [5, 5.41) is 22.6. The highest BCUT2D eigenvalue weighted by Crippen LogP contribution is 2.33. The van der Waals surface area contributed by atoms with Gasteiger partial charge in [0, 0.05) is 68.5 Å². The van der Waals surface area contributed by atoms with E-state index in [0.717, 1.165) is 30.7 Å². The van der Waals surface area contributed by atoms with Crippen LogP contribution in [0, 0.1) is 0 Å². The van der Waals surface area contributed by atoms with Gasteiger partial charge in [-0.25, -0.2) is 9.97 Å². The molecule has 164 valence electrons. The third-order valence-electron chi connectivity index (χ3n) is 5.83. The van der Waals surface area contributed by atoms with Crippen LogP contribution in [-0.2, 0) is 7.05 Å². The third-order valence-corrected chi connectivity index (χ3v) is 5.83. The predicted octanol–water partition coefficient (Wildman–Crippen LogP) is 2.05. The normalized spacial score (nSPS) is 16.6. The molecule has 1 saturated heterocycles. The first kappa shape index (κ1) is 20.2. The Hall–Kier alpha value is -3.72. The van der Waals surface area contributed by atoms with Gasteiger partial charge in [0.1, 0.15) is 11.4 Å². The Bertz CT molecular complexity index is 1350. The first-order valence-electron chi connectivity index (χ1n) is 10.6. The van der Waals surface area contributed by atoms with Crippen molar-refractivity contribution in [2.75, 3.05) is 31.6 Å². The van der Waals surface area contributed by atoms with Crippen LogP contribution >= 0.6 is 0 Å². The maximum atomic E-state index is 12.8. The van der Waals surface area contributed by atoms with E-state index in [1.54, 1.807) is 23.9 Å². The molecule has 2 aromatic carbocycles. The van der Waals surface area contributed by atoms with Gasteiger partial charge in [0.2, 0.25) is 0 Å². The molecule has 1 fully saturated rings. The standard InChI is InChI=1S/C23H25N7O2/c1-13-11-30(7-6-25-13)15-4-5-18-16(9-15)21(23(32)24-2)27-22(26-18)17-8-14-12-29(3)28-19(14)10-20(17)31/h4-5,8-10,12-13,25,31H,6-7,11H2,1-3H3,(H,24,32). The highest BCUT2D eigenvalue weighted by molar-refractivity contribution is 6.05. The molecule has 9 heteroatoms. The number of rotatable bonds is 3. The highest BCUT2D eigenvalue weighted by atomic mass is 16.3. The van der Waals surface area contributed by atoms with Gasteiger partial charge in [0.05, 0.1) is 16.6 Å². The zero-order chi connectivity index (χ0) is 22.4. The average Bonchev–Trinajstić information content (AvgIpc) is 3.15. The second-order valence-corrected chi connectivity index (χ2v) is 8.21. The van der Waals surface area contributed by atoms with E-state index >= 15 is 0 Å². The Morgan fingerprint density at radius 2 is 2.06 bits per heavy atom. The molecular weight excluding hydrogens is 406 g/mol. The molecule has 1 aliphatic rings. The fourth-order valence-corrected chi connectivity index (χ4v) is 4.26. The van der Waals surface area contributed by atoms with Crippen molar-refractivity contribution in [3.05, 3.63) is 42.2 Å². The highest BCUT2D eigenvalue weighted by Gasteiger charge is 2.21. The summed E-state index contributed by atoms with van der Waals surface area (Å²) in [5.41, 5.74) is 3.09. The summed E-state index contributed by atoms with van der Waals surface area (Å²) >= 11 is 0. The second-order valence-electron chi connectivity index (χ2n) is 8.21. The van der Waals surface area contributed by atoms with Crippen LogP contribution < -0.4 is 15.5 Å². The Balaban J connectivity index is 1.66. The maximum absolute atomic E-state index is 12.8. The lowest BCUT2D eigenvalue weighted by Gasteiger charge is -2.33. The van der Waals surface area contributed by atoms with Gasteiger partial charge in [-0.2, -0.15) is 5.10 Å². The molecular formula is C23H25N7O2. The van der Waals surface area contributed by atoms with E-state index in [2.05, 4.69) is 37.5 Å². The van der Waals surface area contributed by atoms with E-state index in [0.29, 0.717) is 33.8 Å². The molecule has 4 aromatic rings. The van der Waals surface area contributed by atoms with Gasteiger partial charge in [-0.3, -0.25) is 9.48 Å². The topological polar surface area (TPSA) is 108 Å². The molecule has 1 aliphatic heterocycles. The first-order valence-corrected chi connectivity index (χ1v) is 10.6. The second kappa shape index (κ2) is 7.76. The summed E-state index contributed by atoms with van der Waals surface area (Å²) in [7, 11) is 3.40. The molecule has 2 aromatic heterocycles. The van der Waals surface area contributed by atoms with Crippen molar-refractivity contribution >= 4 is 33.4 Å². The van der Waals surface area contributed by atoms with Crippen molar-refractivity contribution in [1.29, 1.82) is 0 Å². The number of piperazine rings is 1. The van der Waals surface area contributed by atoms with E-state index in [4.69, 9.17) is 0 Å². The van der Waals surface area contributed by atoms with Crippen LogP contribution in [0.1, 0.15) is 17.4 Å². The lowest BCUT2D eigenvalue weighted by molar-refractivity contribution is 0.0960. The Labute approximate surface area is 185 Å². The number of nitrogens with zero attached hydrogens (tertiary/aromatic N) is 5. The predicted molar refractivity (Wildman–Crippen MR) is 124 cm³/mol. The number of aromatic hydroxyl groups is 1. The Morgan fingerprint density at radius 1 is 1.22 bits per heavy atom. The number of anilines is 1. The fourth-order valence-electron chi connectivity index (χ4n) is 4.26. The molecule has 0 bridgehead atoms. The largest absolute Gasteiger partial charge is 0.507 e. The van der Waals surface area contributed by atoms with E-state index < -0.39 is 0 Å². The molecule has 0 spiro atoms. The van der Waals surface area contributed by atoms with Gasteiger partial charge >= 0.3 is 0 Å². The molecule has 5 rings (SSSR count). The zero-order valence-corrected chi connectivity index (χ0v) is 18.3. The van der Waals surface area contributed by atoms with Gasteiger partial charge in [-0.05, 0) is 31.2 Å². The van der Waals surface area contributed by atoms with Crippen LogP contribution in [0.2, 0.25) is 0 Å². The van der Waals surface area contributed by atoms with E-state index in [-0.39, 0.29) is 17.4 Å². The number of aryl methyl sites for hydroxylation is 1. The minimum absolute atomic E-state index is 0.0184. The molecule has 9 nitrogen and oxygen atoms in total. The molecule has 3 heterocycles. The summed E-state index contributed by atoms with van der Waals surface area (Å²) < 4.78 is 1.68. The summed E-state index contributed by atoms with van der Waals surface area (Å²) in [5.74, 6) is 0.0131. The van der Waals surface area contributed by atoms with Gasteiger partial charge in [-0.1, -0.05) is 0 Å². The Kier molecular flexibility index (Phi) is 4.90. The SMILES string of the molecule is CNC(=O)c1nc(-c2cc3cn(C)nc3cc2O)nc2ccc(N3CCNC(C)C3)cc12. The molecule has 0 aliphatic carbocycles. The summed E-state index contributed by atoms with van der Waals surface area (Å²) in [6.45, 7) is 4.85. The minimum atomic E-state index is -0.300. The smallest absolute Gasteiger partial charge is 0.270 e. The van der Waals surface area contributed by atoms with E-state index in [1.807, 2.05) is 31.4 Å². The van der Waals surface area contributed by atoms with Gasteiger partial charge in [0.25, 0.3) is 5.91 Å². The lowest BCUT2D eigenvalue weighted by Crippen LogP contribution is -2.49. The number of amides is 1. The van der Waals surface area contributed by atoms with Crippen molar-refractivity contribution in [3.8, 4) is 17.1 Å². The van der Waals surface area contributed by atoms with Crippen LogP contribution in [0.3, 0.4) is 0 Å². The average molecular weight is 432 g/mol. The van der Waals surface area contributed by atoms with Crippen molar-refractivity contribution < 1.29 is 9.90 Å². The molecule has 0 saturated carbocycles. The summed E-state index contributed by atoms with van der Waals surface area (Å²) in [6.07, 6.45) is 1.86. The number of carbonyl (C=O) groups excluding carboxylic acids is 1. The van der Waals surface area contributed by atoms with Crippen LogP contribution in [0.25, 0.3) is 33.2 Å². The van der Waals surface area contributed by atoms with Crippen LogP contribution in [-0.4, -0.2) is 63.5 Å². The van der Waals surface area contributed by atoms with Crippen LogP contribution in [0.5, 0.6) is 5.75 Å². The maximum Gasteiger partial charge on any atom is 0.270 e. The number of phenolic OH excluding ortho intramolecular Hbond substituents is 1. The number of fused-ring (bicyclic) bond motifs is 2. The molecule has 1 amide bonds. The Morgan fingerprint density at radius 3 is 2.84 bits per heavy atom. The number of hydrogen-bond acceptors (Lipinski definition) is 7. The number of aromatic nitrogens is 4. The summed E-state index contributed by atoms with van der Waals surface area (Å²) in [6, 6.07) is 9.69. The summed E-state index contributed by atoms with van der Waals surface area (Å²) in [4.78, 5) is 24.3. The van der Waals surface area contributed by atoms with Gasteiger partial charge < -0.3 is 20.6 Å². The monoisotopic (exact) mass is 431 g/mol. The quantitative estimate of drug-likeness (QED) is 0.456. The number of nitrogens with one attached hydrogen (secondary N) is 2. The number of hydrogen-bond donors (Lipinski definition) is 3. The van der Waals surface area contributed by atoms with Gasteiger partial charge in [0.15, 0.2) is 5.82 Å². The molecule has 1 atom stereocenters. The van der Waals surface area contributed by atoms with Crippen molar-refractivity contribution in [2.45, 2.75) is 13.0 Å². The van der Waals surface area contributed by atoms with Gasteiger partial charge in [-0.15, -0.1) is 0 Å². The number of carbonyl (C=O) groups is 1. The number of phenols is 1. The van der Waals surface area contributed by atoms with Crippen LogP contribution in [0.15, 0.2) is 36.5 Å². The lowest BCUT2D eigenvalue weighted by atomic mass is 10.1. The van der Waals surface area contributed by atoms with Crippen molar-refractivity contribution in [2.24, 2.45) is 7.05 Å². The first-order chi connectivity index (χ1) is 15.4. The van der Waals surface area contributed by atoms with Crippen LogP contribution in [0.4, 0.5) is 5.69 Å². The zero-order valence-electron chi connectivity index (χ0n) is 18.3. The molecule has 32 heavy (non-hydrogen) atoms. The van der Waals surface area contributed by atoms with E-state index in [1.165, 1.54) is 0 Å². The molecule has 0 radical (unpaired) electrons. The van der Waals surface area contributed by atoms with E-state index in [9.17, 15) is 9.90 Å². The van der Waals surface area contributed by atoms with Crippen molar-refractivity contribution in [1.82, 2.24) is 30.4 Å². The molecule has 1 unspecified atom stereocenters. The number of benzene rings is 2. The molecule has 3 N–H and O–H groups in total. The third kappa shape index (κ3) is 3.50. The minimum Gasteiger partial charge on any atom is -0.507 e. The fraction of sp³-hybridized carbons (Fsp3) is 0.304.